The number of rotatable bonds is 4. The van der Waals surface area contributed by atoms with Crippen LogP contribution in [0.15, 0.2) is 30.3 Å². The average molecular weight is 279 g/mol. The Hall–Kier alpha value is -2.57. The molecule has 1 aliphatic rings. The summed E-state index contributed by atoms with van der Waals surface area (Å²) in [7, 11) is 0. The monoisotopic (exact) mass is 279 g/mol. The minimum Gasteiger partial charge on any atom is -0.481 e. The standard InChI is InChI=1S/C13H13NO6/c15-11(16)7-9-12(17)20-10(14(9)13(18)19)6-8-4-2-1-3-5-8/h1-5,9-10H,6-7H2,(H,15,16)(H,18,19)/t9?,10-/m0/s1. The van der Waals surface area contributed by atoms with Crippen LogP contribution in [-0.4, -0.2) is 45.4 Å². The lowest BCUT2D eigenvalue weighted by Crippen LogP contribution is -2.43. The van der Waals surface area contributed by atoms with Crippen molar-refractivity contribution >= 4 is 18.0 Å². The number of amides is 1. The summed E-state index contributed by atoms with van der Waals surface area (Å²) in [5, 5.41) is 17.9. The first-order chi connectivity index (χ1) is 9.49. The smallest absolute Gasteiger partial charge is 0.410 e. The molecule has 0 radical (unpaired) electrons. The van der Waals surface area contributed by atoms with Crippen molar-refractivity contribution in [1.82, 2.24) is 4.90 Å². The summed E-state index contributed by atoms with van der Waals surface area (Å²) >= 11 is 0. The number of ether oxygens (including phenoxy) is 1. The minimum atomic E-state index is -1.37. The number of cyclic esters (lactones) is 1. The van der Waals surface area contributed by atoms with Crippen LogP contribution in [0.3, 0.4) is 0 Å². The van der Waals surface area contributed by atoms with Crippen LogP contribution in [0.2, 0.25) is 0 Å². The molecule has 7 nitrogen and oxygen atoms in total. The quantitative estimate of drug-likeness (QED) is 0.795. The van der Waals surface area contributed by atoms with E-state index in [-0.39, 0.29) is 6.42 Å². The summed E-state index contributed by atoms with van der Waals surface area (Å²) in [6.45, 7) is 0. The predicted octanol–water partition coefficient (Wildman–Crippen LogP) is 0.935. The molecule has 7 heteroatoms. The molecule has 1 amide bonds. The number of hydrogen-bond acceptors (Lipinski definition) is 4. The van der Waals surface area contributed by atoms with Crippen LogP contribution in [0, 0.1) is 0 Å². The molecule has 20 heavy (non-hydrogen) atoms. The Morgan fingerprint density at radius 3 is 2.40 bits per heavy atom. The fraction of sp³-hybridized carbons (Fsp3) is 0.308. The van der Waals surface area contributed by atoms with E-state index in [1.165, 1.54) is 0 Å². The van der Waals surface area contributed by atoms with Crippen molar-refractivity contribution in [3.05, 3.63) is 35.9 Å². The Labute approximate surface area is 114 Å². The van der Waals surface area contributed by atoms with Crippen molar-refractivity contribution in [3.8, 4) is 0 Å². The number of hydrogen-bond donors (Lipinski definition) is 2. The molecule has 2 N–H and O–H groups in total. The summed E-state index contributed by atoms with van der Waals surface area (Å²) < 4.78 is 5.00. The van der Waals surface area contributed by atoms with E-state index < -0.39 is 36.7 Å². The number of carboxylic acid groups (broad SMARTS) is 2. The van der Waals surface area contributed by atoms with E-state index in [1.54, 1.807) is 24.3 Å². The molecule has 0 bridgehead atoms. The summed E-state index contributed by atoms with van der Waals surface area (Å²) in [6, 6.07) is 7.64. The van der Waals surface area contributed by atoms with Crippen LogP contribution in [0.4, 0.5) is 4.79 Å². The van der Waals surface area contributed by atoms with Gasteiger partial charge >= 0.3 is 18.0 Å². The topological polar surface area (TPSA) is 104 Å². The van der Waals surface area contributed by atoms with E-state index in [2.05, 4.69) is 0 Å². The molecule has 0 aliphatic carbocycles. The summed E-state index contributed by atoms with van der Waals surface area (Å²) in [5.74, 6) is -2.07. The Kier molecular flexibility index (Phi) is 3.88. The highest BCUT2D eigenvalue weighted by atomic mass is 16.6. The summed E-state index contributed by atoms with van der Waals surface area (Å²) in [6.07, 6.45) is -2.78. The molecule has 1 aromatic rings. The van der Waals surface area contributed by atoms with Gasteiger partial charge in [-0.2, -0.15) is 0 Å². The lowest BCUT2D eigenvalue weighted by atomic mass is 10.1. The molecule has 106 valence electrons. The van der Waals surface area contributed by atoms with Gasteiger partial charge in [0.1, 0.15) is 6.04 Å². The van der Waals surface area contributed by atoms with Gasteiger partial charge in [-0.1, -0.05) is 30.3 Å². The highest BCUT2D eigenvalue weighted by Crippen LogP contribution is 2.24. The number of nitrogens with zero attached hydrogens (tertiary/aromatic N) is 1. The van der Waals surface area contributed by atoms with Crippen LogP contribution < -0.4 is 0 Å². The molecule has 0 saturated carbocycles. The zero-order chi connectivity index (χ0) is 14.7. The maximum Gasteiger partial charge on any atom is 0.410 e. The predicted molar refractivity (Wildman–Crippen MR) is 65.9 cm³/mol. The third-order valence-corrected chi connectivity index (χ3v) is 3.01. The fourth-order valence-electron chi connectivity index (χ4n) is 2.14. The number of esters is 1. The van der Waals surface area contributed by atoms with Crippen molar-refractivity contribution < 1.29 is 29.3 Å². The molecule has 1 saturated heterocycles. The van der Waals surface area contributed by atoms with Gasteiger partial charge in [0, 0.05) is 6.42 Å². The van der Waals surface area contributed by atoms with Crippen molar-refractivity contribution in [2.45, 2.75) is 25.1 Å². The fourth-order valence-corrected chi connectivity index (χ4v) is 2.14. The second kappa shape index (κ2) is 5.60. The summed E-state index contributed by atoms with van der Waals surface area (Å²) in [4.78, 5) is 34.3. The van der Waals surface area contributed by atoms with Gasteiger partial charge in [0.05, 0.1) is 6.42 Å². The van der Waals surface area contributed by atoms with Gasteiger partial charge in [-0.15, -0.1) is 0 Å². The van der Waals surface area contributed by atoms with Crippen molar-refractivity contribution in [3.63, 3.8) is 0 Å². The van der Waals surface area contributed by atoms with E-state index in [4.69, 9.17) is 14.9 Å². The number of benzene rings is 1. The normalized spacial score (nSPS) is 21.6. The van der Waals surface area contributed by atoms with Gasteiger partial charge in [0.25, 0.3) is 0 Å². The Bertz CT molecular complexity index is 529. The van der Waals surface area contributed by atoms with E-state index in [1.807, 2.05) is 6.07 Å². The second-order valence-corrected chi connectivity index (χ2v) is 4.38. The molecule has 1 unspecified atom stereocenters. The molecule has 2 rings (SSSR count). The van der Waals surface area contributed by atoms with Gasteiger partial charge in [0.15, 0.2) is 6.23 Å². The van der Waals surface area contributed by atoms with E-state index in [0.29, 0.717) is 0 Å². The Morgan fingerprint density at radius 1 is 1.20 bits per heavy atom. The lowest BCUT2D eigenvalue weighted by molar-refractivity contribution is -0.146. The van der Waals surface area contributed by atoms with Gasteiger partial charge in [-0.3, -0.25) is 9.69 Å². The first-order valence-corrected chi connectivity index (χ1v) is 5.96. The number of carbonyl (C=O) groups is 3. The largest absolute Gasteiger partial charge is 0.481 e. The number of aliphatic carboxylic acids is 1. The molecule has 1 aromatic carbocycles. The van der Waals surface area contributed by atoms with E-state index in [0.717, 1.165) is 10.5 Å². The van der Waals surface area contributed by atoms with E-state index in [9.17, 15) is 14.4 Å². The Balaban J connectivity index is 2.18. The van der Waals surface area contributed by atoms with Crippen LogP contribution in [0.5, 0.6) is 0 Å². The molecular formula is C13H13NO6. The van der Waals surface area contributed by atoms with Gasteiger partial charge < -0.3 is 14.9 Å². The minimum absolute atomic E-state index is 0.189. The highest BCUT2D eigenvalue weighted by molar-refractivity contribution is 5.87. The molecule has 0 aromatic heterocycles. The second-order valence-electron chi connectivity index (χ2n) is 4.38. The van der Waals surface area contributed by atoms with Crippen LogP contribution >= 0.6 is 0 Å². The maximum absolute atomic E-state index is 11.6. The average Bonchev–Trinajstić information content (AvgIpc) is 2.66. The lowest BCUT2D eigenvalue weighted by Gasteiger charge is -2.22. The molecule has 2 atom stereocenters. The van der Waals surface area contributed by atoms with Crippen molar-refractivity contribution in [2.24, 2.45) is 0 Å². The first-order valence-electron chi connectivity index (χ1n) is 5.96. The molecule has 1 heterocycles. The number of carbonyl (C=O) groups excluding carboxylic acids is 1. The maximum atomic E-state index is 11.6. The number of carboxylic acids is 1. The third kappa shape index (κ3) is 2.87. The van der Waals surface area contributed by atoms with Crippen molar-refractivity contribution in [2.75, 3.05) is 0 Å². The van der Waals surface area contributed by atoms with Crippen LogP contribution in [0.1, 0.15) is 12.0 Å². The third-order valence-electron chi connectivity index (χ3n) is 3.01. The van der Waals surface area contributed by atoms with E-state index >= 15 is 0 Å². The SMILES string of the molecule is O=C(O)CC1C(=O)O[C@@H](Cc2ccccc2)N1C(=O)O. The first kappa shape index (κ1) is 13.9. The van der Waals surface area contributed by atoms with Gasteiger partial charge in [-0.25, -0.2) is 9.59 Å². The van der Waals surface area contributed by atoms with Crippen LogP contribution in [-0.2, 0) is 20.7 Å². The zero-order valence-electron chi connectivity index (χ0n) is 10.4. The van der Waals surface area contributed by atoms with Gasteiger partial charge in [0.2, 0.25) is 0 Å². The highest BCUT2D eigenvalue weighted by Gasteiger charge is 2.46. The summed E-state index contributed by atoms with van der Waals surface area (Å²) in [5.41, 5.74) is 0.799. The Morgan fingerprint density at radius 2 is 1.85 bits per heavy atom. The molecular weight excluding hydrogens is 266 g/mol. The van der Waals surface area contributed by atoms with Crippen LogP contribution in [0.25, 0.3) is 0 Å². The molecule has 1 fully saturated rings. The van der Waals surface area contributed by atoms with Crippen molar-refractivity contribution in [1.29, 1.82) is 0 Å². The zero-order valence-corrected chi connectivity index (χ0v) is 10.4. The molecule has 1 aliphatic heterocycles. The molecule has 0 spiro atoms. The van der Waals surface area contributed by atoms with Gasteiger partial charge in [-0.05, 0) is 5.56 Å².